The molecular formula is C37H56N10O10. The van der Waals surface area contributed by atoms with E-state index in [-0.39, 0.29) is 32.1 Å². The zero-order valence-electron chi connectivity index (χ0n) is 33.4. The fourth-order valence-electron chi connectivity index (χ4n) is 7.15. The zero-order valence-corrected chi connectivity index (χ0v) is 33.4. The highest BCUT2D eigenvalue weighted by molar-refractivity contribution is 5.99. The van der Waals surface area contributed by atoms with E-state index in [1.54, 1.807) is 27.7 Å². The van der Waals surface area contributed by atoms with Crippen molar-refractivity contribution in [1.82, 2.24) is 51.9 Å². The van der Waals surface area contributed by atoms with Gasteiger partial charge in [-0.25, -0.2) is 0 Å². The molecular weight excluding hydrogens is 744 g/mol. The third-order valence-corrected chi connectivity index (χ3v) is 10.4. The Kier molecular flexibility index (Phi) is 15.1. The maximum Gasteiger partial charge on any atom is 0.246 e. The number of fused-ring (bicyclic) bond motifs is 4. The van der Waals surface area contributed by atoms with Crippen molar-refractivity contribution in [2.24, 2.45) is 11.8 Å². The van der Waals surface area contributed by atoms with Crippen molar-refractivity contribution in [3.63, 3.8) is 0 Å². The molecule has 3 fully saturated rings. The van der Waals surface area contributed by atoms with Crippen molar-refractivity contribution in [2.45, 2.75) is 103 Å². The van der Waals surface area contributed by atoms with Crippen molar-refractivity contribution in [2.75, 3.05) is 45.8 Å². The standard InChI is InChI=1S/C37H56N10O10/c1-19(2)30-36(56)45-17-23(13-24(48)18-45)43-31(20(3)4)37(57)47-12-8-10-26(47)35(55)41-21(5)32(52)40-15-28(50)38-14-27(49)39-16-29(51)46-11-7-9-25(46)34(54)42-22(6)33(53)44-30/h13,19-22,25-26,30-31,43H,7-12,14-18H2,1-6H3,(H,38,50)(H,39,49)(H,40,52)(H,41,55)(H,42,54)(H,44,53)/t21-,22-,25+,26+,30?,31?/m0/s1. The van der Waals surface area contributed by atoms with Gasteiger partial charge in [0.25, 0.3) is 0 Å². The van der Waals surface area contributed by atoms with Crippen LogP contribution in [0, 0.1) is 11.8 Å². The molecule has 0 radical (unpaired) electrons. The summed E-state index contributed by atoms with van der Waals surface area (Å²) in [6.45, 7) is 8.55. The lowest BCUT2D eigenvalue weighted by molar-refractivity contribution is -0.142. The summed E-state index contributed by atoms with van der Waals surface area (Å²) in [5.74, 6) is -6.60. The number of carbonyl (C=O) groups excluding carboxylic acids is 10. The predicted molar refractivity (Wildman–Crippen MR) is 202 cm³/mol. The van der Waals surface area contributed by atoms with Gasteiger partial charge in [0, 0.05) is 24.9 Å². The summed E-state index contributed by atoms with van der Waals surface area (Å²) in [4.78, 5) is 136. The number of amides is 9. The predicted octanol–water partition coefficient (Wildman–Crippen LogP) is -3.61. The molecule has 0 aromatic carbocycles. The zero-order chi connectivity index (χ0) is 42.1. The molecule has 2 unspecified atom stereocenters. The van der Waals surface area contributed by atoms with Crippen LogP contribution in [0.3, 0.4) is 0 Å². The number of nitrogens with zero attached hydrogens (tertiary/aromatic N) is 3. The van der Waals surface area contributed by atoms with E-state index in [0.717, 1.165) is 0 Å². The molecule has 4 rings (SSSR count). The third kappa shape index (κ3) is 11.5. The van der Waals surface area contributed by atoms with E-state index in [1.165, 1.54) is 34.6 Å². The molecule has 0 aliphatic carbocycles. The Labute approximate surface area is 331 Å². The molecule has 20 heteroatoms. The monoisotopic (exact) mass is 800 g/mol. The molecule has 3 saturated heterocycles. The average molecular weight is 801 g/mol. The summed E-state index contributed by atoms with van der Waals surface area (Å²) in [5, 5.41) is 18.2. The van der Waals surface area contributed by atoms with Gasteiger partial charge in [-0.3, -0.25) is 47.9 Å². The lowest BCUT2D eigenvalue weighted by Crippen LogP contribution is -2.59. The van der Waals surface area contributed by atoms with Gasteiger partial charge in [-0.1, -0.05) is 27.7 Å². The second kappa shape index (κ2) is 19.5. The van der Waals surface area contributed by atoms with E-state index in [1.807, 2.05) is 0 Å². The number of nitrogens with one attached hydrogen (secondary N) is 7. The Balaban J connectivity index is 1.56. The van der Waals surface area contributed by atoms with Gasteiger partial charge < -0.3 is 51.9 Å². The number of rotatable bonds is 2. The summed E-state index contributed by atoms with van der Waals surface area (Å²) in [6.07, 6.45) is 2.99. The van der Waals surface area contributed by atoms with Gasteiger partial charge in [-0.2, -0.15) is 0 Å². The Bertz CT molecular complexity index is 1660. The van der Waals surface area contributed by atoms with E-state index in [9.17, 15) is 47.9 Å². The molecule has 4 aliphatic heterocycles. The number of hydrogen-bond acceptors (Lipinski definition) is 11. The second-order valence-corrected chi connectivity index (χ2v) is 15.6. The first kappa shape index (κ1) is 44.2. The molecule has 2 bridgehead atoms. The van der Waals surface area contributed by atoms with Crippen LogP contribution in [-0.4, -0.2) is 156 Å². The van der Waals surface area contributed by atoms with Crippen LogP contribution in [0.5, 0.6) is 0 Å². The summed E-state index contributed by atoms with van der Waals surface area (Å²) in [5.41, 5.74) is 0.297. The minimum Gasteiger partial charge on any atom is -0.375 e. The molecule has 0 saturated carbocycles. The Morgan fingerprint density at radius 3 is 1.67 bits per heavy atom. The van der Waals surface area contributed by atoms with E-state index < -0.39 is 121 Å². The van der Waals surface area contributed by atoms with Crippen LogP contribution >= 0.6 is 0 Å². The van der Waals surface area contributed by atoms with Crippen LogP contribution in [0.15, 0.2) is 11.8 Å². The van der Waals surface area contributed by atoms with E-state index in [2.05, 4.69) is 37.2 Å². The Morgan fingerprint density at radius 2 is 1.07 bits per heavy atom. The van der Waals surface area contributed by atoms with Gasteiger partial charge in [-0.05, 0) is 51.4 Å². The molecule has 4 heterocycles. The summed E-state index contributed by atoms with van der Waals surface area (Å²) >= 11 is 0. The Hall–Kier alpha value is -5.56. The largest absolute Gasteiger partial charge is 0.375 e. The molecule has 6 atom stereocenters. The molecule has 4 aliphatic rings. The van der Waals surface area contributed by atoms with Crippen molar-refractivity contribution in [3.05, 3.63) is 11.8 Å². The van der Waals surface area contributed by atoms with Crippen LogP contribution in [0.25, 0.3) is 0 Å². The molecule has 7 N–H and O–H groups in total. The van der Waals surface area contributed by atoms with Crippen molar-refractivity contribution >= 4 is 58.9 Å². The molecule has 0 aromatic rings. The van der Waals surface area contributed by atoms with Crippen LogP contribution in [0.2, 0.25) is 0 Å². The number of ketones is 1. The Morgan fingerprint density at radius 1 is 0.561 bits per heavy atom. The maximum absolute atomic E-state index is 14.0. The number of hydrogen-bond donors (Lipinski definition) is 7. The van der Waals surface area contributed by atoms with E-state index in [4.69, 9.17) is 0 Å². The van der Waals surface area contributed by atoms with Crippen molar-refractivity contribution < 1.29 is 47.9 Å². The van der Waals surface area contributed by atoms with Gasteiger partial charge in [0.2, 0.25) is 53.2 Å². The smallest absolute Gasteiger partial charge is 0.246 e. The quantitative estimate of drug-likeness (QED) is 0.143. The van der Waals surface area contributed by atoms with Crippen LogP contribution in [0.4, 0.5) is 0 Å². The first-order chi connectivity index (χ1) is 26.9. The van der Waals surface area contributed by atoms with E-state index >= 15 is 0 Å². The van der Waals surface area contributed by atoms with Crippen molar-refractivity contribution in [3.8, 4) is 0 Å². The minimum atomic E-state index is -1.12. The highest BCUT2D eigenvalue weighted by Gasteiger charge is 2.41. The SMILES string of the molecule is CC(C)C1NC(=O)[C@H](C)NC(=O)[C@H]2CCCN2C(=O)CNC(=O)CNC(=O)CNC(=O)[C@H](C)NC(=O)[C@H]2CCCN2C(=O)C(C(C)C)NC2=CC(=O)CN(C2)C1=O. The molecule has 20 nitrogen and oxygen atoms in total. The van der Waals surface area contributed by atoms with Gasteiger partial charge in [-0.15, -0.1) is 0 Å². The minimum absolute atomic E-state index is 0.0764. The van der Waals surface area contributed by atoms with Crippen LogP contribution in [-0.2, 0) is 47.9 Å². The van der Waals surface area contributed by atoms with Crippen LogP contribution < -0.4 is 37.2 Å². The highest BCUT2D eigenvalue weighted by atomic mass is 16.2. The molecule has 57 heavy (non-hydrogen) atoms. The lowest BCUT2D eigenvalue weighted by atomic mass is 9.99. The van der Waals surface area contributed by atoms with E-state index in [0.29, 0.717) is 31.4 Å². The lowest BCUT2D eigenvalue weighted by Gasteiger charge is -2.35. The second-order valence-electron chi connectivity index (χ2n) is 15.6. The number of carbonyl (C=O) groups is 10. The van der Waals surface area contributed by atoms with Gasteiger partial charge in [0.15, 0.2) is 5.78 Å². The van der Waals surface area contributed by atoms with Crippen LogP contribution in [0.1, 0.15) is 67.2 Å². The van der Waals surface area contributed by atoms with Gasteiger partial charge in [0.05, 0.1) is 32.7 Å². The summed E-state index contributed by atoms with van der Waals surface area (Å²) in [7, 11) is 0. The third-order valence-electron chi connectivity index (χ3n) is 10.4. The van der Waals surface area contributed by atoms with Gasteiger partial charge in [0.1, 0.15) is 36.3 Å². The summed E-state index contributed by atoms with van der Waals surface area (Å²) in [6, 6.07) is -6.00. The fraction of sp³-hybridized carbons (Fsp3) is 0.676. The topological polar surface area (TPSA) is 265 Å². The molecule has 9 amide bonds. The maximum atomic E-state index is 14.0. The fourth-order valence-corrected chi connectivity index (χ4v) is 7.15. The highest BCUT2D eigenvalue weighted by Crippen LogP contribution is 2.22. The first-order valence-electron chi connectivity index (χ1n) is 19.5. The first-order valence-corrected chi connectivity index (χ1v) is 19.5. The van der Waals surface area contributed by atoms with Gasteiger partial charge >= 0.3 is 0 Å². The molecule has 314 valence electrons. The molecule has 0 spiro atoms. The average Bonchev–Trinajstić information content (AvgIpc) is 3.86. The van der Waals surface area contributed by atoms with Crippen molar-refractivity contribution in [1.29, 1.82) is 0 Å². The normalized spacial score (nSPS) is 28.7. The molecule has 0 aromatic heterocycles. The summed E-state index contributed by atoms with van der Waals surface area (Å²) < 4.78 is 0.